The lowest BCUT2D eigenvalue weighted by molar-refractivity contribution is -0.157. The van der Waals surface area contributed by atoms with E-state index in [1.165, 1.54) is 11.1 Å². The molecule has 1 aromatic carbocycles. The van der Waals surface area contributed by atoms with Crippen molar-refractivity contribution in [2.75, 3.05) is 13.1 Å². The summed E-state index contributed by atoms with van der Waals surface area (Å²) in [4.78, 5) is 24.4. The van der Waals surface area contributed by atoms with E-state index in [2.05, 4.69) is 10.6 Å². The summed E-state index contributed by atoms with van der Waals surface area (Å²) >= 11 is 0. The third-order valence-corrected chi connectivity index (χ3v) is 4.32. The summed E-state index contributed by atoms with van der Waals surface area (Å²) in [6.45, 7) is 0.448. The van der Waals surface area contributed by atoms with Gasteiger partial charge in [-0.2, -0.15) is 13.2 Å². The Labute approximate surface area is 137 Å². The molecule has 8 heteroatoms. The Morgan fingerprint density at radius 1 is 1.29 bits per heavy atom. The summed E-state index contributed by atoms with van der Waals surface area (Å²) in [5, 5.41) is 5.95. The van der Waals surface area contributed by atoms with E-state index in [9.17, 15) is 22.8 Å². The monoisotopic (exact) mass is 341 g/mol. The molecular weight excluding hydrogens is 323 g/mol. The molecular formula is C16H18F3N3O2. The summed E-state index contributed by atoms with van der Waals surface area (Å²) in [5.41, 5.74) is 3.35. The van der Waals surface area contributed by atoms with E-state index in [1.807, 2.05) is 18.2 Å². The number of hydrogen-bond acceptors (Lipinski definition) is 3. The molecule has 1 fully saturated rings. The zero-order chi connectivity index (χ0) is 17.3. The third kappa shape index (κ3) is 3.87. The molecule has 0 bridgehead atoms. The average molecular weight is 341 g/mol. The Bertz CT molecular complexity index is 660. The Kier molecular flexibility index (Phi) is 4.49. The average Bonchev–Trinajstić information content (AvgIpc) is 3.10. The summed E-state index contributed by atoms with van der Waals surface area (Å²) in [6.07, 6.45) is -4.62. The Morgan fingerprint density at radius 2 is 2.04 bits per heavy atom. The number of likely N-dealkylation sites (tertiary alicyclic amines) is 1. The summed E-state index contributed by atoms with van der Waals surface area (Å²) in [7, 11) is 0. The minimum Gasteiger partial charge on any atom is -0.352 e. The molecule has 0 radical (unpaired) electrons. The van der Waals surface area contributed by atoms with Gasteiger partial charge in [0.1, 0.15) is 6.54 Å². The van der Waals surface area contributed by atoms with Crippen molar-refractivity contribution in [3.8, 4) is 0 Å². The topological polar surface area (TPSA) is 61.4 Å². The van der Waals surface area contributed by atoms with Crippen molar-refractivity contribution in [1.82, 2.24) is 15.5 Å². The summed E-state index contributed by atoms with van der Waals surface area (Å²) < 4.78 is 37.2. The van der Waals surface area contributed by atoms with Crippen LogP contribution in [-0.4, -0.2) is 36.0 Å². The van der Waals surface area contributed by atoms with Crippen molar-refractivity contribution in [2.45, 2.75) is 32.2 Å². The highest BCUT2D eigenvalue weighted by atomic mass is 19.4. The maximum atomic E-state index is 12.4. The van der Waals surface area contributed by atoms with Crippen LogP contribution in [0.1, 0.15) is 23.1 Å². The zero-order valence-corrected chi connectivity index (χ0v) is 12.9. The zero-order valence-electron chi connectivity index (χ0n) is 12.9. The number of carbonyl (C=O) groups is 2. The highest BCUT2D eigenvalue weighted by Gasteiger charge is 2.40. The van der Waals surface area contributed by atoms with Crippen molar-refractivity contribution in [2.24, 2.45) is 5.92 Å². The quantitative estimate of drug-likeness (QED) is 0.868. The van der Waals surface area contributed by atoms with Gasteiger partial charge in [0.25, 0.3) is 0 Å². The molecule has 2 heterocycles. The number of amides is 2. The molecule has 2 aliphatic rings. The van der Waals surface area contributed by atoms with Gasteiger partial charge in [0.2, 0.25) is 11.8 Å². The molecule has 0 spiro atoms. The molecule has 5 nitrogen and oxygen atoms in total. The number of rotatable bonds is 4. The minimum atomic E-state index is -4.44. The first kappa shape index (κ1) is 16.8. The van der Waals surface area contributed by atoms with Gasteiger partial charge in [0.15, 0.2) is 0 Å². The molecule has 1 atom stereocenters. The van der Waals surface area contributed by atoms with E-state index in [1.54, 1.807) is 0 Å². The Hall–Kier alpha value is -2.09. The van der Waals surface area contributed by atoms with E-state index in [4.69, 9.17) is 0 Å². The largest absolute Gasteiger partial charge is 0.406 e. The van der Waals surface area contributed by atoms with Crippen LogP contribution in [0.2, 0.25) is 0 Å². The number of nitrogens with zero attached hydrogens (tertiary/aromatic N) is 1. The number of hydrogen-bond donors (Lipinski definition) is 2. The predicted octanol–water partition coefficient (Wildman–Crippen LogP) is 1.32. The summed E-state index contributed by atoms with van der Waals surface area (Å²) in [5.74, 6) is -1.74. The number of nitrogens with one attached hydrogen (secondary N) is 2. The summed E-state index contributed by atoms with van der Waals surface area (Å²) in [6, 6.07) is 5.92. The number of fused-ring (bicyclic) bond motifs is 1. The Balaban J connectivity index is 1.53. The molecule has 3 rings (SSSR count). The molecule has 0 aliphatic carbocycles. The number of alkyl halides is 3. The van der Waals surface area contributed by atoms with Crippen LogP contribution in [-0.2, 0) is 29.2 Å². The van der Waals surface area contributed by atoms with Gasteiger partial charge in [-0.25, -0.2) is 0 Å². The van der Waals surface area contributed by atoms with E-state index in [0.717, 1.165) is 18.7 Å². The van der Waals surface area contributed by atoms with Crippen LogP contribution in [0.3, 0.4) is 0 Å². The smallest absolute Gasteiger partial charge is 0.352 e. The third-order valence-electron chi connectivity index (χ3n) is 4.32. The molecule has 0 saturated carbocycles. The highest BCUT2D eigenvalue weighted by molar-refractivity contribution is 5.89. The van der Waals surface area contributed by atoms with Crippen LogP contribution in [0.4, 0.5) is 13.2 Å². The standard InChI is InChI=1S/C16H18F3N3O2/c17-16(18,19)9-22-8-13(4-14(22)23)15(24)21-5-10-1-2-11-6-20-7-12(11)3-10/h1-3,13,20H,4-9H2,(H,21,24). The molecule has 130 valence electrons. The second kappa shape index (κ2) is 6.43. The first-order valence-electron chi connectivity index (χ1n) is 7.75. The van der Waals surface area contributed by atoms with Crippen molar-refractivity contribution >= 4 is 11.8 Å². The minimum absolute atomic E-state index is 0.171. The second-order valence-corrected chi connectivity index (χ2v) is 6.21. The van der Waals surface area contributed by atoms with Crippen LogP contribution >= 0.6 is 0 Å². The molecule has 2 amide bonds. The van der Waals surface area contributed by atoms with Crippen LogP contribution in [0, 0.1) is 5.92 Å². The van der Waals surface area contributed by atoms with Crippen LogP contribution in [0.25, 0.3) is 0 Å². The van der Waals surface area contributed by atoms with E-state index >= 15 is 0 Å². The molecule has 1 unspecified atom stereocenters. The maximum absolute atomic E-state index is 12.4. The lowest BCUT2D eigenvalue weighted by Gasteiger charge is -2.18. The lowest BCUT2D eigenvalue weighted by atomic mass is 10.1. The van der Waals surface area contributed by atoms with Crippen molar-refractivity contribution < 1.29 is 22.8 Å². The number of halogens is 3. The number of carbonyl (C=O) groups excluding carboxylic acids is 2. The lowest BCUT2D eigenvalue weighted by Crippen LogP contribution is -2.37. The van der Waals surface area contributed by atoms with Gasteiger partial charge >= 0.3 is 6.18 Å². The van der Waals surface area contributed by atoms with Gasteiger partial charge in [0, 0.05) is 32.6 Å². The highest BCUT2D eigenvalue weighted by Crippen LogP contribution is 2.24. The SMILES string of the molecule is O=C(NCc1ccc2c(c1)CNC2)C1CC(=O)N(CC(F)(F)F)C1. The maximum Gasteiger partial charge on any atom is 0.406 e. The molecule has 2 aliphatic heterocycles. The first-order valence-corrected chi connectivity index (χ1v) is 7.75. The van der Waals surface area contributed by atoms with Gasteiger partial charge in [0.05, 0.1) is 5.92 Å². The van der Waals surface area contributed by atoms with Crippen molar-refractivity contribution in [1.29, 1.82) is 0 Å². The van der Waals surface area contributed by atoms with Crippen molar-refractivity contribution in [3.05, 3.63) is 34.9 Å². The molecule has 2 N–H and O–H groups in total. The fraction of sp³-hybridized carbons (Fsp3) is 0.500. The van der Waals surface area contributed by atoms with Crippen LogP contribution < -0.4 is 10.6 Å². The van der Waals surface area contributed by atoms with E-state index in [0.29, 0.717) is 11.4 Å². The van der Waals surface area contributed by atoms with Gasteiger partial charge in [-0.15, -0.1) is 0 Å². The van der Waals surface area contributed by atoms with Gasteiger partial charge < -0.3 is 15.5 Å². The Morgan fingerprint density at radius 3 is 2.79 bits per heavy atom. The van der Waals surface area contributed by atoms with Crippen LogP contribution in [0.5, 0.6) is 0 Å². The van der Waals surface area contributed by atoms with Gasteiger partial charge in [-0.3, -0.25) is 9.59 Å². The van der Waals surface area contributed by atoms with Gasteiger partial charge in [-0.05, 0) is 16.7 Å². The predicted molar refractivity (Wildman–Crippen MR) is 79.6 cm³/mol. The molecule has 0 aromatic heterocycles. The van der Waals surface area contributed by atoms with E-state index in [-0.39, 0.29) is 18.9 Å². The van der Waals surface area contributed by atoms with E-state index < -0.39 is 24.5 Å². The fourth-order valence-corrected chi connectivity index (χ4v) is 3.11. The number of benzene rings is 1. The molecule has 1 aromatic rings. The molecule has 1 saturated heterocycles. The second-order valence-electron chi connectivity index (χ2n) is 6.21. The van der Waals surface area contributed by atoms with Crippen LogP contribution in [0.15, 0.2) is 18.2 Å². The van der Waals surface area contributed by atoms with Gasteiger partial charge in [-0.1, -0.05) is 18.2 Å². The fourth-order valence-electron chi connectivity index (χ4n) is 3.11. The first-order chi connectivity index (χ1) is 11.3. The normalized spacial score (nSPS) is 20.4. The molecule has 24 heavy (non-hydrogen) atoms. The van der Waals surface area contributed by atoms with Crippen molar-refractivity contribution in [3.63, 3.8) is 0 Å².